The quantitative estimate of drug-likeness (QED) is 0.404. The van der Waals surface area contributed by atoms with Crippen LogP contribution in [0.1, 0.15) is 45.2 Å². The van der Waals surface area contributed by atoms with Crippen LogP contribution < -0.4 is 5.32 Å². The summed E-state index contributed by atoms with van der Waals surface area (Å²) in [6.45, 7) is 4.08. The van der Waals surface area contributed by atoms with Crippen LogP contribution in [0.5, 0.6) is 0 Å². The Labute approximate surface area is 177 Å². The van der Waals surface area contributed by atoms with E-state index in [1.165, 1.54) is 0 Å². The van der Waals surface area contributed by atoms with Gasteiger partial charge >= 0.3 is 11.9 Å². The van der Waals surface area contributed by atoms with Crippen molar-refractivity contribution in [2.45, 2.75) is 13.8 Å². The van der Waals surface area contributed by atoms with Gasteiger partial charge in [0.15, 0.2) is 0 Å². The lowest BCUT2D eigenvalue weighted by Gasteiger charge is -2.03. The molecule has 0 fully saturated rings. The summed E-state index contributed by atoms with van der Waals surface area (Å²) in [5.74, 6) is -1.16. The van der Waals surface area contributed by atoms with Crippen LogP contribution in [-0.2, 0) is 9.47 Å². The number of anilines is 1. The summed E-state index contributed by atoms with van der Waals surface area (Å²) in [5, 5.41) is 4.35. The van der Waals surface area contributed by atoms with Gasteiger partial charge in [-0.3, -0.25) is 4.79 Å². The van der Waals surface area contributed by atoms with Gasteiger partial charge in [-0.2, -0.15) is 0 Å². The molecule has 2 heterocycles. The summed E-state index contributed by atoms with van der Waals surface area (Å²) in [6.07, 6.45) is 0. The van der Waals surface area contributed by atoms with Gasteiger partial charge < -0.3 is 24.8 Å². The summed E-state index contributed by atoms with van der Waals surface area (Å²) in [5.41, 5.74) is 3.22. The van der Waals surface area contributed by atoms with Crippen molar-refractivity contribution in [3.8, 4) is 0 Å². The van der Waals surface area contributed by atoms with Gasteiger partial charge in [-0.15, -0.1) is 0 Å². The number of benzene rings is 2. The summed E-state index contributed by atoms with van der Waals surface area (Å²) < 4.78 is 10.0. The fraction of sp³-hybridized carbons (Fsp3) is 0.174. The molecule has 1 amide bonds. The van der Waals surface area contributed by atoms with Gasteiger partial charge in [-0.05, 0) is 62.4 Å². The van der Waals surface area contributed by atoms with Crippen molar-refractivity contribution < 1.29 is 23.9 Å². The topological polar surface area (TPSA) is 113 Å². The minimum Gasteiger partial charge on any atom is -0.462 e. The molecule has 158 valence electrons. The summed E-state index contributed by atoms with van der Waals surface area (Å²) in [6, 6.07) is 13.7. The second-order valence-electron chi connectivity index (χ2n) is 6.87. The Morgan fingerprint density at radius 1 is 0.774 bits per heavy atom. The van der Waals surface area contributed by atoms with E-state index in [-0.39, 0.29) is 5.91 Å². The highest BCUT2D eigenvalue weighted by molar-refractivity contribution is 6.07. The maximum atomic E-state index is 12.7. The number of aromatic amines is 2. The van der Waals surface area contributed by atoms with Crippen molar-refractivity contribution in [1.29, 1.82) is 0 Å². The van der Waals surface area contributed by atoms with E-state index in [4.69, 9.17) is 9.47 Å². The predicted octanol–water partition coefficient (Wildman–Crippen LogP) is 4.25. The van der Waals surface area contributed by atoms with Crippen LogP contribution in [0, 0.1) is 0 Å². The van der Waals surface area contributed by atoms with Crippen LogP contribution in [0.15, 0.2) is 48.5 Å². The number of carbonyl (C=O) groups is 3. The van der Waals surface area contributed by atoms with E-state index in [9.17, 15) is 14.4 Å². The average molecular weight is 419 g/mol. The molecule has 0 atom stereocenters. The molecule has 0 unspecified atom stereocenters. The zero-order valence-corrected chi connectivity index (χ0v) is 17.1. The van der Waals surface area contributed by atoms with E-state index in [0.29, 0.717) is 35.9 Å². The van der Waals surface area contributed by atoms with Gasteiger partial charge in [0.1, 0.15) is 11.4 Å². The molecule has 0 radical (unpaired) electrons. The highest BCUT2D eigenvalue weighted by atomic mass is 16.5. The molecule has 4 aromatic rings. The second-order valence-corrected chi connectivity index (χ2v) is 6.87. The van der Waals surface area contributed by atoms with Gasteiger partial charge in [0.2, 0.25) is 0 Å². The van der Waals surface area contributed by atoms with Gasteiger partial charge in [-0.1, -0.05) is 0 Å². The third-order valence-corrected chi connectivity index (χ3v) is 4.75. The minimum absolute atomic E-state index is 0.293. The number of hydrogen-bond acceptors (Lipinski definition) is 5. The fourth-order valence-corrected chi connectivity index (χ4v) is 3.32. The Bertz CT molecular complexity index is 1300. The largest absolute Gasteiger partial charge is 0.462 e. The van der Waals surface area contributed by atoms with Crippen LogP contribution in [0.2, 0.25) is 0 Å². The average Bonchev–Trinajstić information content (AvgIpc) is 3.37. The van der Waals surface area contributed by atoms with Crippen molar-refractivity contribution in [2.24, 2.45) is 0 Å². The van der Waals surface area contributed by atoms with Crippen LogP contribution >= 0.6 is 0 Å². The monoisotopic (exact) mass is 419 g/mol. The van der Waals surface area contributed by atoms with E-state index < -0.39 is 11.9 Å². The molecular weight excluding hydrogens is 398 g/mol. The lowest BCUT2D eigenvalue weighted by Crippen LogP contribution is -2.11. The van der Waals surface area contributed by atoms with E-state index in [1.54, 1.807) is 62.4 Å². The molecule has 4 rings (SSSR count). The van der Waals surface area contributed by atoms with E-state index in [1.807, 2.05) is 0 Å². The van der Waals surface area contributed by atoms with Crippen molar-refractivity contribution >= 4 is 45.3 Å². The smallest absolute Gasteiger partial charge is 0.354 e. The molecule has 0 aliphatic carbocycles. The zero-order chi connectivity index (χ0) is 22.0. The van der Waals surface area contributed by atoms with Crippen LogP contribution in [0.3, 0.4) is 0 Å². The second kappa shape index (κ2) is 8.35. The standard InChI is InChI=1S/C23H21N3O5/c1-3-30-22(28)13-5-7-17-14(9-13)11-19(25-17)21(27)24-16-6-8-18-15(10-16)12-20(26-18)23(29)31-4-2/h5-12,25-26H,3-4H2,1-2H3,(H,24,27). The molecule has 8 heteroatoms. The number of carbonyl (C=O) groups excluding carboxylic acids is 3. The fourth-order valence-electron chi connectivity index (χ4n) is 3.32. The SMILES string of the molecule is CCOC(=O)c1ccc2[nH]c(C(=O)Nc3ccc4[nH]c(C(=O)OCC)cc4c3)cc2c1. The molecular formula is C23H21N3O5. The van der Waals surface area contributed by atoms with Crippen LogP contribution in [-0.4, -0.2) is 41.0 Å². The molecule has 2 aromatic heterocycles. The molecule has 0 spiro atoms. The Morgan fingerprint density at radius 2 is 1.39 bits per heavy atom. The van der Waals surface area contributed by atoms with Gasteiger partial charge in [0.25, 0.3) is 5.91 Å². The normalized spacial score (nSPS) is 10.9. The Hall–Kier alpha value is -4.07. The van der Waals surface area contributed by atoms with E-state index >= 15 is 0 Å². The number of esters is 2. The van der Waals surface area contributed by atoms with Crippen LogP contribution in [0.4, 0.5) is 5.69 Å². The zero-order valence-electron chi connectivity index (χ0n) is 17.1. The van der Waals surface area contributed by atoms with E-state index in [2.05, 4.69) is 15.3 Å². The summed E-state index contributed by atoms with van der Waals surface area (Å²) >= 11 is 0. The van der Waals surface area contributed by atoms with E-state index in [0.717, 1.165) is 21.8 Å². The lowest BCUT2D eigenvalue weighted by molar-refractivity contribution is 0.0513. The van der Waals surface area contributed by atoms with Gasteiger partial charge in [-0.25, -0.2) is 9.59 Å². The molecule has 8 nitrogen and oxygen atoms in total. The number of aromatic nitrogens is 2. The van der Waals surface area contributed by atoms with Crippen molar-refractivity contribution in [3.63, 3.8) is 0 Å². The minimum atomic E-state index is -0.426. The molecule has 31 heavy (non-hydrogen) atoms. The number of hydrogen-bond donors (Lipinski definition) is 3. The molecule has 0 saturated heterocycles. The molecule has 0 aliphatic heterocycles. The van der Waals surface area contributed by atoms with Crippen molar-refractivity contribution in [1.82, 2.24) is 9.97 Å². The third-order valence-electron chi connectivity index (χ3n) is 4.75. The number of ether oxygens (including phenoxy) is 2. The molecule has 0 saturated carbocycles. The predicted molar refractivity (Wildman–Crippen MR) is 116 cm³/mol. The third kappa shape index (κ3) is 4.13. The summed E-state index contributed by atoms with van der Waals surface area (Å²) in [4.78, 5) is 42.6. The van der Waals surface area contributed by atoms with Crippen molar-refractivity contribution in [3.05, 3.63) is 65.5 Å². The highest BCUT2D eigenvalue weighted by Crippen LogP contribution is 2.22. The first-order valence-corrected chi connectivity index (χ1v) is 9.89. The number of fused-ring (bicyclic) bond motifs is 2. The summed E-state index contributed by atoms with van der Waals surface area (Å²) in [7, 11) is 0. The molecule has 0 bridgehead atoms. The first-order chi connectivity index (χ1) is 15.0. The Balaban J connectivity index is 1.54. The van der Waals surface area contributed by atoms with Crippen molar-refractivity contribution in [2.75, 3.05) is 18.5 Å². The number of amides is 1. The maximum absolute atomic E-state index is 12.7. The highest BCUT2D eigenvalue weighted by Gasteiger charge is 2.14. The molecule has 3 N–H and O–H groups in total. The lowest BCUT2D eigenvalue weighted by atomic mass is 10.1. The number of H-pyrrole nitrogens is 2. The first kappa shape index (κ1) is 20.2. The van der Waals surface area contributed by atoms with Gasteiger partial charge in [0, 0.05) is 27.5 Å². The van der Waals surface area contributed by atoms with Crippen LogP contribution in [0.25, 0.3) is 21.8 Å². The number of nitrogens with one attached hydrogen (secondary N) is 3. The Kier molecular flexibility index (Phi) is 5.44. The maximum Gasteiger partial charge on any atom is 0.354 e. The molecule has 2 aromatic carbocycles. The number of rotatable bonds is 6. The van der Waals surface area contributed by atoms with Gasteiger partial charge in [0.05, 0.1) is 18.8 Å². The first-order valence-electron chi connectivity index (χ1n) is 9.89. The Morgan fingerprint density at radius 3 is 2.13 bits per heavy atom. The molecule has 0 aliphatic rings.